The van der Waals surface area contributed by atoms with Gasteiger partial charge in [0, 0.05) is 6.08 Å². The molecule has 6 heteroatoms. The zero-order chi connectivity index (χ0) is 10.1. The van der Waals surface area contributed by atoms with Crippen LogP contribution in [0, 0.1) is 0 Å². The van der Waals surface area contributed by atoms with Crippen molar-refractivity contribution in [3.63, 3.8) is 0 Å². The number of aldehydes is 2. The van der Waals surface area contributed by atoms with E-state index in [1.165, 1.54) is 0 Å². The Balaban J connectivity index is 3.61. The number of amides is 1. The topological polar surface area (TPSA) is 95.7 Å². The molecule has 0 bridgehead atoms. The maximum absolute atomic E-state index is 10.1. The molecule has 0 aromatic rings. The van der Waals surface area contributed by atoms with Gasteiger partial charge in [0.2, 0.25) is 0 Å². The molecule has 0 aromatic carbocycles. The Kier molecular flexibility index (Phi) is 5.86. The third kappa shape index (κ3) is 6.54. The molecule has 1 amide bonds. The van der Waals surface area contributed by atoms with Crippen LogP contribution in [-0.4, -0.2) is 31.9 Å². The molecule has 0 rings (SSSR count). The van der Waals surface area contributed by atoms with E-state index in [-0.39, 0.29) is 19.0 Å². The number of rotatable bonds is 6. The van der Waals surface area contributed by atoms with Crippen molar-refractivity contribution in [2.45, 2.75) is 0 Å². The highest BCUT2D eigenvalue weighted by atomic mass is 16.6. The van der Waals surface area contributed by atoms with Crippen LogP contribution >= 0.6 is 0 Å². The lowest BCUT2D eigenvalue weighted by Crippen LogP contribution is -2.16. The summed E-state index contributed by atoms with van der Waals surface area (Å²) in [6.07, 6.45) is 0.824. The molecule has 0 spiro atoms. The van der Waals surface area contributed by atoms with E-state index in [1.54, 1.807) is 0 Å². The molecular weight excluding hydrogens is 178 g/mol. The molecule has 0 atom stereocenters. The summed E-state index contributed by atoms with van der Waals surface area (Å²) in [5.74, 6) is -0.122. The molecule has 0 unspecified atom stereocenters. The van der Waals surface area contributed by atoms with E-state index in [9.17, 15) is 14.4 Å². The highest BCUT2D eigenvalue weighted by Crippen LogP contribution is 1.90. The normalized spacial score (nSPS) is 10.3. The molecule has 13 heavy (non-hydrogen) atoms. The summed E-state index contributed by atoms with van der Waals surface area (Å²) in [6.45, 7) is -0.0965. The first-order chi connectivity index (χ1) is 6.20. The molecule has 6 nitrogen and oxygen atoms in total. The summed E-state index contributed by atoms with van der Waals surface area (Å²) in [7, 11) is 0. The minimum absolute atomic E-state index is 0.0264. The summed E-state index contributed by atoms with van der Waals surface area (Å²) in [5.41, 5.74) is 4.64. The summed E-state index contributed by atoms with van der Waals surface area (Å²) in [6, 6.07) is 0. The summed E-state index contributed by atoms with van der Waals surface area (Å²) >= 11 is 0. The van der Waals surface area contributed by atoms with Crippen LogP contribution in [0.5, 0.6) is 0 Å². The van der Waals surface area contributed by atoms with Gasteiger partial charge in [0.25, 0.3) is 0 Å². The molecule has 0 heterocycles. The zero-order valence-corrected chi connectivity index (χ0v) is 6.76. The molecular formula is C7H9NO5. The van der Waals surface area contributed by atoms with E-state index in [2.05, 4.69) is 10.5 Å². The van der Waals surface area contributed by atoms with Crippen molar-refractivity contribution < 1.29 is 23.9 Å². The molecule has 0 aliphatic carbocycles. The molecule has 72 valence electrons. The average molecular weight is 187 g/mol. The van der Waals surface area contributed by atoms with Gasteiger partial charge in [0.05, 0.1) is 0 Å². The lowest BCUT2D eigenvalue weighted by Gasteiger charge is -2.03. The fourth-order valence-corrected chi connectivity index (χ4v) is 0.490. The third-order valence-corrected chi connectivity index (χ3v) is 0.945. The quantitative estimate of drug-likeness (QED) is 0.259. The van der Waals surface area contributed by atoms with Crippen molar-refractivity contribution in [3.8, 4) is 0 Å². The smallest absolute Gasteiger partial charge is 0.404 e. The number of carbonyl (C=O) groups excluding carboxylic acids is 3. The van der Waals surface area contributed by atoms with Crippen LogP contribution in [0.2, 0.25) is 0 Å². The standard InChI is InChI=1S/C7H9NO5/c8-7(11)13-4-3-12-6(5-10)1-2-9/h1-2,5H,3-4H2,(H2,8,11)/b6-1-. The molecule has 0 radical (unpaired) electrons. The SMILES string of the molecule is NC(=O)OCCO/C(C=O)=C\C=O. The number of nitrogens with two attached hydrogens (primary N) is 1. The van der Waals surface area contributed by atoms with Gasteiger partial charge >= 0.3 is 6.09 Å². The van der Waals surface area contributed by atoms with Gasteiger partial charge in [0.15, 0.2) is 12.0 Å². The average Bonchev–Trinajstić information content (AvgIpc) is 2.10. The maximum atomic E-state index is 10.1. The van der Waals surface area contributed by atoms with E-state index in [0.717, 1.165) is 6.08 Å². The van der Waals surface area contributed by atoms with Gasteiger partial charge in [-0.05, 0) is 0 Å². The molecule has 0 saturated heterocycles. The fourth-order valence-electron chi connectivity index (χ4n) is 0.490. The molecule has 0 aromatic heterocycles. The number of ether oxygens (including phenoxy) is 2. The molecule has 0 aliphatic rings. The maximum Gasteiger partial charge on any atom is 0.404 e. The van der Waals surface area contributed by atoms with Crippen LogP contribution in [0.25, 0.3) is 0 Å². The van der Waals surface area contributed by atoms with Crippen LogP contribution in [0.15, 0.2) is 11.8 Å². The van der Waals surface area contributed by atoms with E-state index in [1.807, 2.05) is 0 Å². The van der Waals surface area contributed by atoms with Gasteiger partial charge in [-0.15, -0.1) is 0 Å². The Bertz CT molecular complexity index is 223. The lowest BCUT2D eigenvalue weighted by atomic mass is 10.5. The van der Waals surface area contributed by atoms with Gasteiger partial charge in [-0.2, -0.15) is 0 Å². The summed E-state index contributed by atoms with van der Waals surface area (Å²) in [4.78, 5) is 30.1. The molecule has 0 fully saturated rings. The van der Waals surface area contributed by atoms with Gasteiger partial charge in [-0.25, -0.2) is 4.79 Å². The number of hydrogen-bond acceptors (Lipinski definition) is 5. The summed E-state index contributed by atoms with van der Waals surface area (Å²) < 4.78 is 9.01. The van der Waals surface area contributed by atoms with E-state index in [0.29, 0.717) is 12.6 Å². The minimum Gasteiger partial charge on any atom is -0.486 e. The largest absolute Gasteiger partial charge is 0.486 e. The van der Waals surface area contributed by atoms with E-state index in [4.69, 9.17) is 4.74 Å². The Morgan fingerprint density at radius 2 is 1.85 bits per heavy atom. The Labute approximate surface area is 74.3 Å². The number of allylic oxidation sites excluding steroid dienone is 2. The second kappa shape index (κ2) is 6.84. The molecule has 2 N–H and O–H groups in total. The van der Waals surface area contributed by atoms with Crippen molar-refractivity contribution in [2.75, 3.05) is 13.2 Å². The first-order valence-corrected chi connectivity index (χ1v) is 3.36. The van der Waals surface area contributed by atoms with E-state index >= 15 is 0 Å². The first kappa shape index (κ1) is 11.2. The number of carbonyl (C=O) groups is 3. The van der Waals surface area contributed by atoms with Crippen LogP contribution in [0.3, 0.4) is 0 Å². The predicted molar refractivity (Wildman–Crippen MR) is 41.7 cm³/mol. The Morgan fingerprint density at radius 3 is 2.31 bits per heavy atom. The van der Waals surface area contributed by atoms with Gasteiger partial charge in [0.1, 0.15) is 19.5 Å². The minimum atomic E-state index is -0.921. The van der Waals surface area contributed by atoms with Crippen molar-refractivity contribution in [2.24, 2.45) is 5.73 Å². The Hall–Kier alpha value is -1.85. The van der Waals surface area contributed by atoms with Crippen molar-refractivity contribution in [1.82, 2.24) is 0 Å². The van der Waals surface area contributed by atoms with Crippen LogP contribution in [0.4, 0.5) is 4.79 Å². The van der Waals surface area contributed by atoms with Crippen molar-refractivity contribution >= 4 is 18.7 Å². The predicted octanol–water partition coefficient (Wildman–Crippen LogP) is -0.620. The highest BCUT2D eigenvalue weighted by molar-refractivity contribution is 5.79. The Morgan fingerprint density at radius 1 is 1.23 bits per heavy atom. The third-order valence-electron chi connectivity index (χ3n) is 0.945. The van der Waals surface area contributed by atoms with Crippen LogP contribution in [0.1, 0.15) is 0 Å². The van der Waals surface area contributed by atoms with Crippen LogP contribution in [-0.2, 0) is 19.1 Å². The van der Waals surface area contributed by atoms with E-state index < -0.39 is 6.09 Å². The molecule has 0 saturated carbocycles. The second-order valence-electron chi connectivity index (χ2n) is 1.84. The lowest BCUT2D eigenvalue weighted by molar-refractivity contribution is -0.109. The van der Waals surface area contributed by atoms with Gasteiger partial charge < -0.3 is 15.2 Å². The van der Waals surface area contributed by atoms with Crippen molar-refractivity contribution in [3.05, 3.63) is 11.8 Å². The van der Waals surface area contributed by atoms with Gasteiger partial charge in [-0.3, -0.25) is 9.59 Å². The molecule has 0 aliphatic heterocycles. The fraction of sp³-hybridized carbons (Fsp3) is 0.286. The monoisotopic (exact) mass is 187 g/mol. The highest BCUT2D eigenvalue weighted by Gasteiger charge is 1.96. The van der Waals surface area contributed by atoms with Crippen molar-refractivity contribution in [1.29, 1.82) is 0 Å². The number of primary amides is 1. The zero-order valence-electron chi connectivity index (χ0n) is 6.76. The van der Waals surface area contributed by atoms with Crippen LogP contribution < -0.4 is 5.73 Å². The summed E-state index contributed by atoms with van der Waals surface area (Å²) in [5, 5.41) is 0. The second-order valence-corrected chi connectivity index (χ2v) is 1.84. The number of hydrogen-bond donors (Lipinski definition) is 1. The first-order valence-electron chi connectivity index (χ1n) is 3.36. The van der Waals surface area contributed by atoms with Gasteiger partial charge in [-0.1, -0.05) is 0 Å².